The molecule has 0 N–H and O–H groups in total. The van der Waals surface area contributed by atoms with Crippen molar-refractivity contribution in [1.29, 1.82) is 0 Å². The maximum Gasteiger partial charge on any atom is 0.194 e. The van der Waals surface area contributed by atoms with Gasteiger partial charge in [0.1, 0.15) is 5.75 Å². The van der Waals surface area contributed by atoms with E-state index in [0.717, 1.165) is 36.3 Å². The SMILES string of the molecule is COc1ccc(C2(CCCCS)OCCO2)cc1. The molecule has 3 nitrogen and oxygen atoms in total. The number of methoxy groups -OCH3 is 1. The highest BCUT2D eigenvalue weighted by Crippen LogP contribution is 2.37. The van der Waals surface area contributed by atoms with Crippen LogP contribution in [-0.2, 0) is 15.3 Å². The van der Waals surface area contributed by atoms with Crippen LogP contribution in [0.25, 0.3) is 0 Å². The Labute approximate surface area is 114 Å². The molecule has 1 aromatic carbocycles. The minimum Gasteiger partial charge on any atom is -0.497 e. The van der Waals surface area contributed by atoms with Gasteiger partial charge in [0.2, 0.25) is 0 Å². The van der Waals surface area contributed by atoms with Crippen LogP contribution in [0.4, 0.5) is 0 Å². The summed E-state index contributed by atoms with van der Waals surface area (Å²) in [5.41, 5.74) is 1.07. The molecule has 1 fully saturated rings. The minimum absolute atomic E-state index is 0.560. The fourth-order valence-electron chi connectivity index (χ4n) is 2.22. The lowest BCUT2D eigenvalue weighted by Gasteiger charge is -2.28. The summed E-state index contributed by atoms with van der Waals surface area (Å²) in [6, 6.07) is 7.93. The molecule has 0 unspecified atom stereocenters. The van der Waals surface area contributed by atoms with E-state index in [1.165, 1.54) is 0 Å². The van der Waals surface area contributed by atoms with Gasteiger partial charge in [0, 0.05) is 12.0 Å². The lowest BCUT2D eigenvalue weighted by molar-refractivity contribution is -0.171. The quantitative estimate of drug-likeness (QED) is 0.635. The van der Waals surface area contributed by atoms with Crippen LogP contribution >= 0.6 is 12.6 Å². The monoisotopic (exact) mass is 268 g/mol. The molecule has 0 atom stereocenters. The molecule has 100 valence electrons. The number of ether oxygens (including phenoxy) is 3. The molecule has 0 spiro atoms. The Kier molecular flexibility index (Phi) is 4.92. The molecule has 4 heteroatoms. The summed E-state index contributed by atoms with van der Waals surface area (Å²) in [5.74, 6) is 1.19. The number of hydrogen-bond acceptors (Lipinski definition) is 4. The largest absolute Gasteiger partial charge is 0.497 e. The summed E-state index contributed by atoms with van der Waals surface area (Å²) >= 11 is 4.24. The molecule has 1 saturated heterocycles. The van der Waals surface area contributed by atoms with Crippen molar-refractivity contribution in [2.75, 3.05) is 26.1 Å². The van der Waals surface area contributed by atoms with Gasteiger partial charge in [-0.15, -0.1) is 0 Å². The summed E-state index contributed by atoms with van der Waals surface area (Å²) in [7, 11) is 1.67. The van der Waals surface area contributed by atoms with E-state index in [1.54, 1.807) is 7.11 Å². The van der Waals surface area contributed by atoms with E-state index in [1.807, 2.05) is 24.3 Å². The lowest BCUT2D eigenvalue weighted by atomic mass is 9.99. The van der Waals surface area contributed by atoms with E-state index >= 15 is 0 Å². The fourth-order valence-corrected chi connectivity index (χ4v) is 2.45. The summed E-state index contributed by atoms with van der Waals surface area (Å²) < 4.78 is 16.9. The van der Waals surface area contributed by atoms with E-state index in [-0.39, 0.29) is 0 Å². The molecule has 18 heavy (non-hydrogen) atoms. The molecule has 0 saturated carbocycles. The second-order valence-corrected chi connectivity index (χ2v) is 4.81. The molecular formula is C14H20O3S. The number of unbranched alkanes of at least 4 members (excludes halogenated alkanes) is 1. The summed E-state index contributed by atoms with van der Waals surface area (Å²) in [4.78, 5) is 0. The third kappa shape index (κ3) is 2.99. The van der Waals surface area contributed by atoms with Gasteiger partial charge in [0.15, 0.2) is 5.79 Å². The van der Waals surface area contributed by atoms with Crippen LogP contribution in [0.5, 0.6) is 5.75 Å². The molecule has 1 aliphatic rings. The third-order valence-corrected chi connectivity index (χ3v) is 3.51. The van der Waals surface area contributed by atoms with Crippen LogP contribution in [-0.4, -0.2) is 26.1 Å². The maximum absolute atomic E-state index is 5.86. The van der Waals surface area contributed by atoms with E-state index < -0.39 is 5.79 Å². The zero-order chi connectivity index (χ0) is 12.8. The van der Waals surface area contributed by atoms with Gasteiger partial charge in [0.05, 0.1) is 20.3 Å². The van der Waals surface area contributed by atoms with Crippen LogP contribution in [0.2, 0.25) is 0 Å². The van der Waals surface area contributed by atoms with Crippen molar-refractivity contribution >= 4 is 12.6 Å². The molecule has 0 radical (unpaired) electrons. The van der Waals surface area contributed by atoms with Crippen molar-refractivity contribution in [1.82, 2.24) is 0 Å². The zero-order valence-corrected chi connectivity index (χ0v) is 11.6. The average molecular weight is 268 g/mol. The van der Waals surface area contributed by atoms with Gasteiger partial charge in [0.25, 0.3) is 0 Å². The molecule has 1 heterocycles. The topological polar surface area (TPSA) is 27.7 Å². The number of thiol groups is 1. The van der Waals surface area contributed by atoms with Crippen molar-refractivity contribution in [3.8, 4) is 5.75 Å². The summed E-state index contributed by atoms with van der Waals surface area (Å²) in [6.07, 6.45) is 3.00. The second-order valence-electron chi connectivity index (χ2n) is 4.36. The normalized spacial score (nSPS) is 17.9. The summed E-state index contributed by atoms with van der Waals surface area (Å²) in [6.45, 7) is 1.32. The number of benzene rings is 1. The van der Waals surface area contributed by atoms with Gasteiger partial charge in [-0.05, 0) is 42.9 Å². The Morgan fingerprint density at radius 1 is 1.17 bits per heavy atom. The van der Waals surface area contributed by atoms with Gasteiger partial charge in [-0.1, -0.05) is 0 Å². The molecule has 0 amide bonds. The van der Waals surface area contributed by atoms with Crippen LogP contribution in [0, 0.1) is 0 Å². The first-order valence-corrected chi connectivity index (χ1v) is 6.97. The van der Waals surface area contributed by atoms with Crippen molar-refractivity contribution in [2.24, 2.45) is 0 Å². The number of rotatable bonds is 6. The Hall–Kier alpha value is -0.710. The van der Waals surface area contributed by atoms with Crippen LogP contribution in [0.1, 0.15) is 24.8 Å². The van der Waals surface area contributed by atoms with Gasteiger partial charge >= 0.3 is 0 Å². The third-order valence-electron chi connectivity index (χ3n) is 3.20. The minimum atomic E-state index is -0.560. The lowest BCUT2D eigenvalue weighted by Crippen LogP contribution is -2.27. The van der Waals surface area contributed by atoms with Crippen molar-refractivity contribution in [3.05, 3.63) is 29.8 Å². The average Bonchev–Trinajstić information content (AvgIpc) is 2.89. The predicted molar refractivity (Wildman–Crippen MR) is 74.3 cm³/mol. The first-order valence-electron chi connectivity index (χ1n) is 6.34. The van der Waals surface area contributed by atoms with E-state index in [9.17, 15) is 0 Å². The molecule has 0 aromatic heterocycles. The van der Waals surface area contributed by atoms with E-state index in [2.05, 4.69) is 12.6 Å². The fraction of sp³-hybridized carbons (Fsp3) is 0.571. The first kappa shape index (κ1) is 13.7. The number of hydrogen-bond donors (Lipinski definition) is 1. The predicted octanol–water partition coefficient (Wildman–Crippen LogP) is 2.99. The Morgan fingerprint density at radius 3 is 2.39 bits per heavy atom. The second kappa shape index (κ2) is 6.45. The highest BCUT2D eigenvalue weighted by atomic mass is 32.1. The van der Waals surface area contributed by atoms with E-state index in [4.69, 9.17) is 14.2 Å². The molecule has 1 aliphatic heterocycles. The van der Waals surface area contributed by atoms with Crippen molar-refractivity contribution in [2.45, 2.75) is 25.0 Å². The molecule has 2 rings (SSSR count). The zero-order valence-electron chi connectivity index (χ0n) is 10.7. The van der Waals surface area contributed by atoms with Gasteiger partial charge in [-0.25, -0.2) is 0 Å². The Morgan fingerprint density at radius 2 is 1.83 bits per heavy atom. The first-order chi connectivity index (χ1) is 8.80. The Balaban J connectivity index is 2.12. The molecule has 0 bridgehead atoms. The molecule has 1 aromatic rings. The van der Waals surface area contributed by atoms with Crippen molar-refractivity contribution in [3.63, 3.8) is 0 Å². The standard InChI is InChI=1S/C14H20O3S/c1-15-13-6-4-12(5-7-13)14(8-2-3-11-18)16-9-10-17-14/h4-7,18H,2-3,8-11H2,1H3. The Bertz CT molecular complexity index is 358. The highest BCUT2D eigenvalue weighted by Gasteiger charge is 2.37. The van der Waals surface area contributed by atoms with Gasteiger partial charge < -0.3 is 14.2 Å². The highest BCUT2D eigenvalue weighted by molar-refractivity contribution is 7.80. The van der Waals surface area contributed by atoms with Crippen LogP contribution in [0.15, 0.2) is 24.3 Å². The maximum atomic E-state index is 5.86. The summed E-state index contributed by atoms with van der Waals surface area (Å²) in [5, 5.41) is 0. The van der Waals surface area contributed by atoms with Crippen LogP contribution in [0.3, 0.4) is 0 Å². The van der Waals surface area contributed by atoms with Gasteiger partial charge in [-0.3, -0.25) is 0 Å². The van der Waals surface area contributed by atoms with Crippen molar-refractivity contribution < 1.29 is 14.2 Å². The smallest absolute Gasteiger partial charge is 0.194 e. The molecule has 0 aliphatic carbocycles. The van der Waals surface area contributed by atoms with Crippen LogP contribution < -0.4 is 4.74 Å². The van der Waals surface area contributed by atoms with Gasteiger partial charge in [-0.2, -0.15) is 12.6 Å². The van der Waals surface area contributed by atoms with E-state index in [0.29, 0.717) is 13.2 Å². The molecular weight excluding hydrogens is 248 g/mol.